The van der Waals surface area contributed by atoms with E-state index in [9.17, 15) is 9.59 Å². The highest BCUT2D eigenvalue weighted by Gasteiger charge is 2.44. The minimum Gasteiger partial charge on any atom is -0.486 e. The van der Waals surface area contributed by atoms with Gasteiger partial charge >= 0.3 is 0 Å². The highest BCUT2D eigenvalue weighted by Crippen LogP contribution is 2.40. The van der Waals surface area contributed by atoms with Crippen molar-refractivity contribution >= 4 is 22.6 Å². The summed E-state index contributed by atoms with van der Waals surface area (Å²) in [4.78, 5) is 28.5. The molecule has 10 heteroatoms. The number of tetrazole rings is 1. The van der Waals surface area contributed by atoms with Gasteiger partial charge in [0.05, 0.1) is 17.5 Å². The normalized spacial score (nSPS) is 16.3. The molecule has 0 atom stereocenters. The van der Waals surface area contributed by atoms with Crippen LogP contribution in [0.15, 0.2) is 66.7 Å². The van der Waals surface area contributed by atoms with E-state index in [-0.39, 0.29) is 18.1 Å². The molecule has 0 radical (unpaired) electrons. The number of hydrogen-bond acceptors (Lipinski definition) is 7. The number of fused-ring (bicyclic) bond motifs is 2. The van der Waals surface area contributed by atoms with E-state index in [0.29, 0.717) is 54.2 Å². The molecule has 1 saturated heterocycles. The van der Waals surface area contributed by atoms with Crippen molar-refractivity contribution in [2.45, 2.75) is 24.9 Å². The topological polar surface area (TPSA) is 119 Å². The number of ether oxygens (including phenoxy) is 1. The summed E-state index contributed by atoms with van der Waals surface area (Å²) in [5, 5.41) is 19.7. The van der Waals surface area contributed by atoms with Crippen LogP contribution in [0.1, 0.15) is 40.0 Å². The Balaban J connectivity index is 1.08. The lowest BCUT2D eigenvalue weighted by atomic mass is 9.82. The highest BCUT2D eigenvalue weighted by molar-refractivity contribution is 6.02. The third-order valence-electron chi connectivity index (χ3n) is 7.80. The lowest BCUT2D eigenvalue weighted by Gasteiger charge is -2.44. The van der Waals surface area contributed by atoms with E-state index in [1.54, 1.807) is 12.1 Å². The molecule has 3 aromatic carbocycles. The Morgan fingerprint density at radius 1 is 1.00 bits per heavy atom. The average Bonchev–Trinajstić information content (AvgIpc) is 3.62. The van der Waals surface area contributed by atoms with Gasteiger partial charge in [-0.2, -0.15) is 10.3 Å². The zero-order valence-corrected chi connectivity index (χ0v) is 21.3. The predicted molar refractivity (Wildman–Crippen MR) is 143 cm³/mol. The monoisotopic (exact) mass is 519 g/mol. The lowest BCUT2D eigenvalue weighted by Crippen LogP contribution is -2.52. The maximum absolute atomic E-state index is 13.5. The Kier molecular flexibility index (Phi) is 5.29. The van der Waals surface area contributed by atoms with Crippen molar-refractivity contribution in [3.63, 3.8) is 0 Å². The summed E-state index contributed by atoms with van der Waals surface area (Å²) in [5.74, 6) is 0.992. The molecular weight excluding hydrogens is 494 g/mol. The summed E-state index contributed by atoms with van der Waals surface area (Å²) in [6.45, 7) is 1.03. The number of aromatic nitrogens is 6. The maximum atomic E-state index is 13.5. The molecule has 0 saturated carbocycles. The number of carbonyl (C=O) groups excluding carboxylic acids is 2. The van der Waals surface area contributed by atoms with Gasteiger partial charge in [0.15, 0.2) is 5.78 Å². The molecule has 194 valence electrons. The molecule has 7 rings (SSSR count). The smallest absolute Gasteiger partial charge is 0.253 e. The first-order chi connectivity index (χ1) is 19.0. The predicted octanol–water partition coefficient (Wildman–Crippen LogP) is 4.06. The number of aromatic amines is 1. The molecule has 1 fully saturated rings. The van der Waals surface area contributed by atoms with Crippen molar-refractivity contribution in [3.8, 4) is 28.4 Å². The summed E-state index contributed by atoms with van der Waals surface area (Å²) in [6, 6.07) is 21.2. The highest BCUT2D eigenvalue weighted by atomic mass is 16.5. The second-order valence-corrected chi connectivity index (χ2v) is 10.2. The van der Waals surface area contributed by atoms with E-state index in [1.165, 1.54) is 0 Å². The van der Waals surface area contributed by atoms with Gasteiger partial charge in [0.25, 0.3) is 5.91 Å². The number of likely N-dealkylation sites (tertiary alicyclic amines) is 1. The van der Waals surface area contributed by atoms with Crippen LogP contribution in [0.2, 0.25) is 0 Å². The van der Waals surface area contributed by atoms with Crippen LogP contribution < -0.4 is 4.74 Å². The van der Waals surface area contributed by atoms with E-state index in [0.717, 1.165) is 22.2 Å². The molecule has 39 heavy (non-hydrogen) atoms. The molecule has 4 heterocycles. The Morgan fingerprint density at radius 2 is 1.82 bits per heavy atom. The summed E-state index contributed by atoms with van der Waals surface area (Å²) < 4.78 is 8.24. The summed E-state index contributed by atoms with van der Waals surface area (Å²) >= 11 is 0. The molecule has 0 unspecified atom stereocenters. The molecule has 0 aliphatic carbocycles. The number of nitrogens with one attached hydrogen (secondary N) is 1. The standard InChI is InChI=1S/C29H25N7O3/c1-35-23-16-20(7-9-21(23)26(32-35)18-5-3-2-4-6-18)28(38)36-13-11-29(12-14-36)17-24(37)22-15-19(8-10-25(22)39-29)27-30-33-34-31-27/h2-10,15-16H,11-14,17H2,1H3,(H,30,31,33,34). The zero-order valence-electron chi connectivity index (χ0n) is 21.3. The molecule has 2 aromatic heterocycles. The van der Waals surface area contributed by atoms with Gasteiger partial charge in [0.1, 0.15) is 17.0 Å². The average molecular weight is 520 g/mol. The fourth-order valence-corrected chi connectivity index (χ4v) is 5.70. The van der Waals surface area contributed by atoms with Crippen molar-refractivity contribution in [1.82, 2.24) is 35.3 Å². The summed E-state index contributed by atoms with van der Waals surface area (Å²) in [7, 11) is 1.90. The van der Waals surface area contributed by atoms with Crippen LogP contribution in [0.4, 0.5) is 0 Å². The number of Topliss-reactive ketones (excluding diaryl/α,β-unsaturated/α-hetero) is 1. The molecular formula is C29H25N7O3. The Morgan fingerprint density at radius 3 is 2.59 bits per heavy atom. The van der Waals surface area contributed by atoms with E-state index in [1.807, 2.05) is 71.2 Å². The molecule has 2 aliphatic heterocycles. The van der Waals surface area contributed by atoms with Crippen molar-refractivity contribution in [1.29, 1.82) is 0 Å². The second kappa shape index (κ2) is 8.87. The van der Waals surface area contributed by atoms with Crippen LogP contribution in [-0.4, -0.2) is 65.7 Å². The Bertz CT molecular complexity index is 1720. The molecule has 5 aromatic rings. The SMILES string of the molecule is Cn1nc(-c2ccccc2)c2ccc(C(=O)N3CCC4(CC3)CC(=O)c3cc(-c5nn[nH]n5)ccc3O4)cc21. The molecule has 1 amide bonds. The number of ketones is 1. The van der Waals surface area contributed by atoms with E-state index in [2.05, 4.69) is 20.6 Å². The first-order valence-electron chi connectivity index (χ1n) is 12.9. The largest absolute Gasteiger partial charge is 0.486 e. The summed E-state index contributed by atoms with van der Waals surface area (Å²) in [5.41, 5.74) is 4.10. The van der Waals surface area contributed by atoms with Crippen LogP contribution in [0.25, 0.3) is 33.5 Å². The molecule has 1 N–H and O–H groups in total. The number of amides is 1. The van der Waals surface area contributed by atoms with Crippen LogP contribution in [0.5, 0.6) is 5.75 Å². The van der Waals surface area contributed by atoms with Crippen molar-refractivity contribution in [2.75, 3.05) is 13.1 Å². The van der Waals surface area contributed by atoms with Crippen LogP contribution in [-0.2, 0) is 7.05 Å². The van der Waals surface area contributed by atoms with Crippen LogP contribution in [0.3, 0.4) is 0 Å². The first-order valence-corrected chi connectivity index (χ1v) is 12.9. The maximum Gasteiger partial charge on any atom is 0.253 e. The van der Waals surface area contributed by atoms with Gasteiger partial charge < -0.3 is 9.64 Å². The van der Waals surface area contributed by atoms with Crippen molar-refractivity contribution in [2.24, 2.45) is 7.05 Å². The molecule has 1 spiro atoms. The minimum atomic E-state index is -0.606. The number of rotatable bonds is 3. The first kappa shape index (κ1) is 23.3. The van der Waals surface area contributed by atoms with Gasteiger partial charge in [0, 0.05) is 55.1 Å². The van der Waals surface area contributed by atoms with Crippen molar-refractivity contribution in [3.05, 3.63) is 77.9 Å². The summed E-state index contributed by atoms with van der Waals surface area (Å²) in [6.07, 6.45) is 1.45. The third kappa shape index (κ3) is 3.96. The number of H-pyrrole nitrogens is 1. The van der Waals surface area contributed by atoms with E-state index < -0.39 is 5.60 Å². The van der Waals surface area contributed by atoms with Crippen LogP contribution >= 0.6 is 0 Å². The number of piperidine rings is 1. The van der Waals surface area contributed by atoms with Gasteiger partial charge in [-0.15, -0.1) is 10.2 Å². The second-order valence-electron chi connectivity index (χ2n) is 10.2. The molecule has 2 aliphatic rings. The van der Waals surface area contributed by atoms with Gasteiger partial charge in [0.2, 0.25) is 5.82 Å². The van der Waals surface area contributed by atoms with Gasteiger partial charge in [-0.3, -0.25) is 14.3 Å². The van der Waals surface area contributed by atoms with Gasteiger partial charge in [-0.25, -0.2) is 0 Å². The molecule has 0 bridgehead atoms. The molecule has 10 nitrogen and oxygen atoms in total. The number of hydrogen-bond donors (Lipinski definition) is 1. The number of aryl methyl sites for hydroxylation is 1. The number of nitrogens with zero attached hydrogens (tertiary/aromatic N) is 6. The quantitative estimate of drug-likeness (QED) is 0.382. The third-order valence-corrected chi connectivity index (χ3v) is 7.80. The van der Waals surface area contributed by atoms with Gasteiger partial charge in [-0.1, -0.05) is 30.3 Å². The number of carbonyl (C=O) groups is 2. The fraction of sp³-hybridized carbons (Fsp3) is 0.241. The lowest BCUT2D eigenvalue weighted by molar-refractivity contribution is -0.00569. The Labute approximate surface area is 223 Å². The van der Waals surface area contributed by atoms with Crippen molar-refractivity contribution < 1.29 is 14.3 Å². The Hall–Kier alpha value is -4.86. The van der Waals surface area contributed by atoms with E-state index in [4.69, 9.17) is 9.84 Å². The number of benzene rings is 3. The van der Waals surface area contributed by atoms with Crippen LogP contribution in [0, 0.1) is 0 Å². The van der Waals surface area contributed by atoms with Gasteiger partial charge in [-0.05, 0) is 41.6 Å². The van der Waals surface area contributed by atoms with E-state index >= 15 is 0 Å². The minimum absolute atomic E-state index is 0.0252. The fourth-order valence-electron chi connectivity index (χ4n) is 5.70. The zero-order chi connectivity index (χ0) is 26.6.